The van der Waals surface area contributed by atoms with E-state index in [1.165, 1.54) is 25.3 Å². The van der Waals surface area contributed by atoms with Gasteiger partial charge in [-0.15, -0.1) is 0 Å². The van der Waals surface area contributed by atoms with Crippen molar-refractivity contribution >= 4 is 5.97 Å². The summed E-state index contributed by atoms with van der Waals surface area (Å²) >= 11 is 0. The Hall–Kier alpha value is -1.65. The Morgan fingerprint density at radius 2 is 1.76 bits per heavy atom. The van der Waals surface area contributed by atoms with E-state index in [0.29, 0.717) is 18.3 Å². The summed E-state index contributed by atoms with van der Waals surface area (Å²) in [5, 5.41) is 0. The van der Waals surface area contributed by atoms with Gasteiger partial charge in [-0.2, -0.15) is 4.39 Å². The Morgan fingerprint density at radius 1 is 1.00 bits per heavy atom. The van der Waals surface area contributed by atoms with Gasteiger partial charge in [-0.3, -0.25) is 4.79 Å². The lowest BCUT2D eigenvalue weighted by molar-refractivity contribution is -0.150. The van der Waals surface area contributed by atoms with Gasteiger partial charge < -0.3 is 9.47 Å². The van der Waals surface area contributed by atoms with Crippen LogP contribution in [0.15, 0.2) is 12.1 Å². The third-order valence-corrected chi connectivity index (χ3v) is 7.12. The summed E-state index contributed by atoms with van der Waals surface area (Å²) in [6.45, 7) is 0. The first kappa shape index (κ1) is 20.6. The molecule has 2 saturated carbocycles. The average molecular weight is 407 g/mol. The molecule has 0 aromatic heterocycles. The highest BCUT2D eigenvalue weighted by molar-refractivity contribution is 5.69. The molecule has 1 aliphatic heterocycles. The lowest BCUT2D eigenvalue weighted by atomic mass is 9.76. The first-order valence-corrected chi connectivity index (χ1v) is 11.4. The zero-order chi connectivity index (χ0) is 20.2. The molecular weight excluding hydrogens is 374 g/mol. The van der Waals surface area contributed by atoms with Crippen LogP contribution in [0.2, 0.25) is 0 Å². The summed E-state index contributed by atoms with van der Waals surface area (Å²) in [4.78, 5) is 12.1. The highest BCUT2D eigenvalue weighted by Gasteiger charge is 2.33. The Kier molecular flexibility index (Phi) is 6.71. The van der Waals surface area contributed by atoms with Crippen molar-refractivity contribution in [2.45, 2.75) is 95.7 Å². The predicted octanol–water partition coefficient (Wildman–Crippen LogP) is 6.12. The third-order valence-electron chi connectivity index (χ3n) is 7.12. The van der Waals surface area contributed by atoms with Gasteiger partial charge >= 0.3 is 5.97 Å². The van der Waals surface area contributed by atoms with Crippen LogP contribution in [0.4, 0.5) is 8.78 Å². The molecule has 0 saturated heterocycles. The number of benzene rings is 1. The normalized spacial score (nSPS) is 27.7. The van der Waals surface area contributed by atoms with Crippen LogP contribution in [0.25, 0.3) is 0 Å². The smallest absolute Gasteiger partial charge is 0.306 e. The van der Waals surface area contributed by atoms with E-state index in [2.05, 4.69) is 0 Å². The molecule has 0 spiro atoms. The minimum Gasteiger partial charge on any atom is -0.487 e. The van der Waals surface area contributed by atoms with Crippen molar-refractivity contribution in [1.29, 1.82) is 0 Å². The number of esters is 1. The molecule has 29 heavy (non-hydrogen) atoms. The first-order chi connectivity index (χ1) is 14.1. The molecule has 1 heterocycles. The largest absolute Gasteiger partial charge is 0.487 e. The molecule has 0 amide bonds. The van der Waals surface area contributed by atoms with Crippen LogP contribution in [-0.4, -0.2) is 18.2 Å². The van der Waals surface area contributed by atoms with Crippen LogP contribution >= 0.6 is 0 Å². The van der Waals surface area contributed by atoms with E-state index >= 15 is 0 Å². The number of carbonyl (C=O) groups excluding carboxylic acids is 1. The molecule has 5 heteroatoms. The second-order valence-corrected chi connectivity index (χ2v) is 9.11. The molecule has 160 valence electrons. The molecule has 2 aliphatic carbocycles. The molecule has 0 radical (unpaired) electrons. The maximum absolute atomic E-state index is 14.1. The van der Waals surface area contributed by atoms with Gasteiger partial charge in [-0.1, -0.05) is 25.3 Å². The average Bonchev–Trinajstić information content (AvgIpc) is 2.76. The lowest BCUT2D eigenvalue weighted by Gasteiger charge is -2.36. The molecule has 1 aromatic carbocycles. The van der Waals surface area contributed by atoms with Gasteiger partial charge in [0.05, 0.1) is 0 Å². The van der Waals surface area contributed by atoms with E-state index in [4.69, 9.17) is 9.47 Å². The zero-order valence-corrected chi connectivity index (χ0v) is 17.1. The minimum atomic E-state index is -0.850. The number of carbonyl (C=O) groups is 1. The Balaban J connectivity index is 1.20. The molecule has 4 rings (SSSR count). The highest BCUT2D eigenvalue weighted by atomic mass is 19.2. The summed E-state index contributed by atoms with van der Waals surface area (Å²) < 4.78 is 39.2. The van der Waals surface area contributed by atoms with E-state index in [0.717, 1.165) is 63.4 Å². The molecule has 0 N–H and O–H groups in total. The van der Waals surface area contributed by atoms with Crippen LogP contribution in [0.5, 0.6) is 5.75 Å². The van der Waals surface area contributed by atoms with Gasteiger partial charge in [-0.25, -0.2) is 4.39 Å². The first-order valence-electron chi connectivity index (χ1n) is 11.4. The number of ether oxygens (including phenoxy) is 2. The predicted molar refractivity (Wildman–Crippen MR) is 107 cm³/mol. The quantitative estimate of drug-likeness (QED) is 0.553. The van der Waals surface area contributed by atoms with E-state index in [1.807, 2.05) is 0 Å². The molecule has 3 nitrogen and oxygen atoms in total. The van der Waals surface area contributed by atoms with Crippen LogP contribution in [0.1, 0.15) is 82.6 Å². The maximum Gasteiger partial charge on any atom is 0.306 e. The highest BCUT2D eigenvalue weighted by Crippen LogP contribution is 2.40. The fourth-order valence-corrected chi connectivity index (χ4v) is 5.33. The Bertz CT molecular complexity index is 706. The fraction of sp³-hybridized carbons (Fsp3) is 0.708. The molecule has 0 bridgehead atoms. The number of halogens is 2. The summed E-state index contributed by atoms with van der Waals surface area (Å²) in [7, 11) is 0. The third kappa shape index (κ3) is 5.10. The van der Waals surface area contributed by atoms with Crippen molar-refractivity contribution in [1.82, 2.24) is 0 Å². The van der Waals surface area contributed by atoms with Gasteiger partial charge in [0.25, 0.3) is 0 Å². The minimum absolute atomic E-state index is 0.0315. The summed E-state index contributed by atoms with van der Waals surface area (Å²) in [5.41, 5.74) is 0.769. The lowest BCUT2D eigenvalue weighted by Crippen LogP contribution is -2.34. The van der Waals surface area contributed by atoms with Crippen molar-refractivity contribution in [2.24, 2.45) is 11.8 Å². The number of hydrogen-bond acceptors (Lipinski definition) is 3. The summed E-state index contributed by atoms with van der Waals surface area (Å²) in [6.07, 6.45) is 13.0. The van der Waals surface area contributed by atoms with Gasteiger partial charge in [0, 0.05) is 6.42 Å². The molecular formula is C24H32F2O3. The topological polar surface area (TPSA) is 35.5 Å². The van der Waals surface area contributed by atoms with E-state index in [-0.39, 0.29) is 23.9 Å². The van der Waals surface area contributed by atoms with Crippen molar-refractivity contribution < 1.29 is 23.0 Å². The van der Waals surface area contributed by atoms with Crippen molar-refractivity contribution in [2.75, 3.05) is 0 Å². The van der Waals surface area contributed by atoms with Gasteiger partial charge in [0.15, 0.2) is 11.6 Å². The Labute approximate surface area is 172 Å². The summed E-state index contributed by atoms with van der Waals surface area (Å²) in [6, 6.07) is 2.82. The fourth-order valence-electron chi connectivity index (χ4n) is 5.33. The zero-order valence-electron chi connectivity index (χ0n) is 17.1. The molecule has 3 aliphatic rings. The van der Waals surface area contributed by atoms with Crippen molar-refractivity contribution in [3.8, 4) is 5.75 Å². The van der Waals surface area contributed by atoms with Crippen LogP contribution in [0, 0.1) is 23.5 Å². The van der Waals surface area contributed by atoms with E-state index in [1.54, 1.807) is 6.07 Å². The summed E-state index contributed by atoms with van der Waals surface area (Å²) in [5.74, 6) is -0.672. The van der Waals surface area contributed by atoms with Crippen LogP contribution in [0.3, 0.4) is 0 Å². The number of hydrogen-bond donors (Lipinski definition) is 0. The standard InChI is InChI=1S/C24H32F2O3/c25-20-13-11-18-12-14-21(29-24(18)23(20)26)17-9-6-16(7-10-17)8-15-22(27)28-19-4-2-1-3-5-19/h11,13,16-17,19,21H,1-10,12,14-15H2. The number of rotatable bonds is 5. The van der Waals surface area contributed by atoms with E-state index in [9.17, 15) is 13.6 Å². The van der Waals surface area contributed by atoms with Crippen molar-refractivity contribution in [3.05, 3.63) is 29.3 Å². The second-order valence-electron chi connectivity index (χ2n) is 9.11. The van der Waals surface area contributed by atoms with Gasteiger partial charge in [-0.05, 0) is 81.3 Å². The molecule has 2 fully saturated rings. The maximum atomic E-state index is 14.1. The molecule has 1 aromatic rings. The van der Waals surface area contributed by atoms with Crippen molar-refractivity contribution in [3.63, 3.8) is 0 Å². The van der Waals surface area contributed by atoms with Crippen LogP contribution in [-0.2, 0) is 16.0 Å². The van der Waals surface area contributed by atoms with Gasteiger partial charge in [0.1, 0.15) is 12.2 Å². The van der Waals surface area contributed by atoms with E-state index < -0.39 is 11.6 Å². The molecule has 1 atom stereocenters. The number of fused-ring (bicyclic) bond motifs is 1. The van der Waals surface area contributed by atoms with Crippen LogP contribution < -0.4 is 4.74 Å². The SMILES string of the molecule is O=C(CCC1CCC(C2CCc3ccc(F)c(F)c3O2)CC1)OC1CCCCC1. The van der Waals surface area contributed by atoms with Gasteiger partial charge in [0.2, 0.25) is 5.82 Å². The second kappa shape index (κ2) is 9.44. The monoisotopic (exact) mass is 406 g/mol. The number of aryl methyl sites for hydroxylation is 1. The molecule has 1 unspecified atom stereocenters. The Morgan fingerprint density at radius 3 is 2.52 bits per heavy atom.